The van der Waals surface area contributed by atoms with Gasteiger partial charge in [0.25, 0.3) is 11.8 Å². The van der Waals surface area contributed by atoms with E-state index in [9.17, 15) is 14.4 Å². The largest absolute Gasteiger partial charge is 0.436 e. The summed E-state index contributed by atoms with van der Waals surface area (Å²) in [5, 5.41) is 4.99. The lowest BCUT2D eigenvalue weighted by Crippen LogP contribution is -2.48. The summed E-state index contributed by atoms with van der Waals surface area (Å²) in [7, 11) is 0. The van der Waals surface area contributed by atoms with Gasteiger partial charge in [-0.2, -0.15) is 0 Å². The number of oxazole rings is 1. The molecule has 1 atom stereocenters. The van der Waals surface area contributed by atoms with Crippen LogP contribution in [0.15, 0.2) is 120 Å². The zero-order chi connectivity index (χ0) is 27.9. The van der Waals surface area contributed by atoms with Crippen LogP contribution in [0.5, 0.6) is 0 Å². The number of hydrogen-bond donors (Lipinski definition) is 1. The normalized spacial score (nSPS) is 13.5. The molecule has 0 saturated carbocycles. The number of hydrogen-bond acceptors (Lipinski definition) is 5. The highest BCUT2D eigenvalue weighted by Gasteiger charge is 2.42. The van der Waals surface area contributed by atoms with Gasteiger partial charge in [-0.25, -0.2) is 4.98 Å². The molecule has 1 aliphatic heterocycles. The third-order valence-electron chi connectivity index (χ3n) is 7.41. The van der Waals surface area contributed by atoms with Crippen LogP contribution in [0.3, 0.4) is 0 Å². The number of para-hydroxylation sites is 1. The van der Waals surface area contributed by atoms with Crippen LogP contribution in [-0.4, -0.2) is 33.6 Å². The second-order valence-electron chi connectivity index (χ2n) is 9.92. The molecular weight excluding hydrogens is 514 g/mol. The van der Waals surface area contributed by atoms with Crippen LogP contribution in [0.1, 0.15) is 26.3 Å². The highest BCUT2D eigenvalue weighted by molar-refractivity contribution is 6.23. The van der Waals surface area contributed by atoms with Gasteiger partial charge in [-0.1, -0.05) is 84.9 Å². The van der Waals surface area contributed by atoms with Crippen molar-refractivity contribution in [3.8, 4) is 11.5 Å². The number of nitrogens with zero attached hydrogens (tertiary/aromatic N) is 2. The Morgan fingerprint density at radius 1 is 0.732 bits per heavy atom. The fourth-order valence-corrected chi connectivity index (χ4v) is 5.40. The van der Waals surface area contributed by atoms with Gasteiger partial charge in [-0.05, 0) is 41.3 Å². The summed E-state index contributed by atoms with van der Waals surface area (Å²) in [6, 6.07) is 33.9. The first-order valence-electron chi connectivity index (χ1n) is 13.3. The summed E-state index contributed by atoms with van der Waals surface area (Å²) in [5.41, 5.74) is 3.82. The van der Waals surface area contributed by atoms with Crippen molar-refractivity contribution < 1.29 is 18.8 Å². The number of nitrogens with one attached hydrogen (secondary N) is 1. The zero-order valence-electron chi connectivity index (χ0n) is 21.8. The predicted molar refractivity (Wildman–Crippen MR) is 156 cm³/mol. The maximum Gasteiger partial charge on any atom is 0.262 e. The molecule has 0 bridgehead atoms. The van der Waals surface area contributed by atoms with Gasteiger partial charge in [0.15, 0.2) is 5.58 Å². The average Bonchev–Trinajstić information content (AvgIpc) is 3.56. The lowest BCUT2D eigenvalue weighted by molar-refractivity contribution is -0.119. The van der Waals surface area contributed by atoms with E-state index in [1.165, 1.54) is 0 Å². The number of anilines is 1. The number of rotatable bonds is 6. The van der Waals surface area contributed by atoms with Crippen molar-refractivity contribution >= 4 is 45.3 Å². The average molecular weight is 538 g/mol. The maximum absolute atomic E-state index is 14.0. The van der Waals surface area contributed by atoms with Gasteiger partial charge in [-0.3, -0.25) is 19.3 Å². The molecule has 6 aromatic rings. The third kappa shape index (κ3) is 4.24. The van der Waals surface area contributed by atoms with Crippen LogP contribution in [0.2, 0.25) is 0 Å². The number of fused-ring (bicyclic) bond motifs is 4. The van der Waals surface area contributed by atoms with E-state index in [2.05, 4.69) is 5.32 Å². The Bertz CT molecular complexity index is 1940. The third-order valence-corrected chi connectivity index (χ3v) is 7.41. The first-order chi connectivity index (χ1) is 20.1. The molecule has 1 aromatic heterocycles. The molecule has 198 valence electrons. The van der Waals surface area contributed by atoms with Crippen molar-refractivity contribution in [3.05, 3.63) is 132 Å². The highest BCUT2D eigenvalue weighted by Crippen LogP contribution is 2.34. The standard InChI is InChI=1S/C34H23N3O4/c38-31(28(20-21-10-2-1-3-11-21)37-33(39)24-14-6-7-15-25(24)34(37)40)35-27-17-9-8-16-26(27)32-36-30-23-13-5-4-12-22(23)18-19-29(30)41-32/h1-19,28H,20H2,(H,35,38). The molecule has 0 spiro atoms. The molecule has 5 aromatic carbocycles. The smallest absolute Gasteiger partial charge is 0.262 e. The fourth-order valence-electron chi connectivity index (χ4n) is 5.40. The number of imide groups is 1. The Balaban J connectivity index is 1.26. The summed E-state index contributed by atoms with van der Waals surface area (Å²) >= 11 is 0. The van der Waals surface area contributed by atoms with Gasteiger partial charge < -0.3 is 9.73 Å². The van der Waals surface area contributed by atoms with Crippen molar-refractivity contribution in [3.63, 3.8) is 0 Å². The molecule has 7 heteroatoms. The molecule has 1 unspecified atom stereocenters. The number of aromatic nitrogens is 1. The molecule has 0 radical (unpaired) electrons. The number of benzene rings is 5. The number of carbonyl (C=O) groups excluding carboxylic acids is 3. The van der Waals surface area contributed by atoms with E-state index < -0.39 is 23.8 Å². The zero-order valence-corrected chi connectivity index (χ0v) is 21.8. The summed E-state index contributed by atoms with van der Waals surface area (Å²) in [6.07, 6.45) is 0.162. The minimum absolute atomic E-state index is 0.162. The monoisotopic (exact) mass is 537 g/mol. The van der Waals surface area contributed by atoms with Gasteiger partial charge in [0.1, 0.15) is 11.6 Å². The Kier molecular flexibility index (Phi) is 5.90. The van der Waals surface area contributed by atoms with Gasteiger partial charge in [-0.15, -0.1) is 0 Å². The van der Waals surface area contributed by atoms with Crippen LogP contribution < -0.4 is 5.32 Å². The van der Waals surface area contributed by atoms with E-state index >= 15 is 0 Å². The first-order valence-corrected chi connectivity index (χ1v) is 13.3. The van der Waals surface area contributed by atoms with Crippen molar-refractivity contribution in [2.75, 3.05) is 5.32 Å². The van der Waals surface area contributed by atoms with E-state index in [-0.39, 0.29) is 6.42 Å². The topological polar surface area (TPSA) is 92.5 Å². The van der Waals surface area contributed by atoms with Gasteiger partial charge in [0, 0.05) is 11.8 Å². The van der Waals surface area contributed by atoms with Crippen LogP contribution in [0.25, 0.3) is 33.3 Å². The minimum atomic E-state index is -1.08. The Labute approximate surface area is 235 Å². The van der Waals surface area contributed by atoms with Crippen molar-refractivity contribution in [1.29, 1.82) is 0 Å². The van der Waals surface area contributed by atoms with E-state index in [0.29, 0.717) is 33.9 Å². The van der Waals surface area contributed by atoms with Crippen LogP contribution in [-0.2, 0) is 11.2 Å². The second kappa shape index (κ2) is 9.88. The predicted octanol–water partition coefficient (Wildman–Crippen LogP) is 6.49. The summed E-state index contributed by atoms with van der Waals surface area (Å²) in [5.74, 6) is -1.11. The first kappa shape index (κ1) is 24.5. The molecule has 0 saturated heterocycles. The van der Waals surface area contributed by atoms with Crippen LogP contribution in [0, 0.1) is 0 Å². The number of carbonyl (C=O) groups is 3. The molecular formula is C34H23N3O4. The summed E-state index contributed by atoms with van der Waals surface area (Å²) in [4.78, 5) is 46.6. The van der Waals surface area contributed by atoms with Crippen LogP contribution >= 0.6 is 0 Å². The van der Waals surface area contributed by atoms with Gasteiger partial charge in [0.05, 0.1) is 22.4 Å². The minimum Gasteiger partial charge on any atom is -0.436 e. The Morgan fingerprint density at radius 2 is 1.37 bits per heavy atom. The lowest BCUT2D eigenvalue weighted by atomic mass is 10.0. The molecule has 1 N–H and O–H groups in total. The van der Waals surface area contributed by atoms with Gasteiger partial charge in [0.2, 0.25) is 11.8 Å². The highest BCUT2D eigenvalue weighted by atomic mass is 16.3. The van der Waals surface area contributed by atoms with E-state index in [1.54, 1.807) is 36.4 Å². The molecule has 7 nitrogen and oxygen atoms in total. The molecule has 41 heavy (non-hydrogen) atoms. The maximum atomic E-state index is 14.0. The SMILES string of the molecule is O=C(Nc1ccccc1-c1nc2c(ccc3ccccc32)o1)C(Cc1ccccc1)N1C(=O)c2ccccc2C1=O. The Morgan fingerprint density at radius 3 is 2.12 bits per heavy atom. The number of amides is 3. The van der Waals surface area contributed by atoms with E-state index in [0.717, 1.165) is 26.8 Å². The van der Waals surface area contributed by atoms with Gasteiger partial charge >= 0.3 is 0 Å². The quantitative estimate of drug-likeness (QED) is 0.245. The molecule has 7 rings (SSSR count). The van der Waals surface area contributed by atoms with Crippen LogP contribution in [0.4, 0.5) is 5.69 Å². The van der Waals surface area contributed by atoms with Crippen molar-refractivity contribution in [1.82, 2.24) is 9.88 Å². The van der Waals surface area contributed by atoms with E-state index in [1.807, 2.05) is 78.9 Å². The summed E-state index contributed by atoms with van der Waals surface area (Å²) < 4.78 is 6.14. The lowest BCUT2D eigenvalue weighted by Gasteiger charge is -2.26. The molecule has 1 aliphatic rings. The second-order valence-corrected chi connectivity index (χ2v) is 9.92. The molecule has 3 amide bonds. The van der Waals surface area contributed by atoms with Crippen molar-refractivity contribution in [2.24, 2.45) is 0 Å². The molecule has 2 heterocycles. The van der Waals surface area contributed by atoms with E-state index in [4.69, 9.17) is 9.40 Å². The van der Waals surface area contributed by atoms with Crippen molar-refractivity contribution in [2.45, 2.75) is 12.5 Å². The Hall–Kier alpha value is -5.56. The summed E-state index contributed by atoms with van der Waals surface area (Å²) in [6.45, 7) is 0. The molecule has 0 fully saturated rings. The fraction of sp³-hybridized carbons (Fsp3) is 0.0588. The molecule has 0 aliphatic carbocycles.